The van der Waals surface area contributed by atoms with Gasteiger partial charge in [-0.05, 0) is 33.1 Å². The van der Waals surface area contributed by atoms with Crippen LogP contribution in [0, 0.1) is 5.92 Å². The monoisotopic (exact) mass is 228 g/mol. The zero-order chi connectivity index (χ0) is 12.1. The number of ether oxygens (including phenoxy) is 1. The lowest BCUT2D eigenvalue weighted by Gasteiger charge is -2.22. The highest BCUT2D eigenvalue weighted by Crippen LogP contribution is 2.19. The SMILES string of the molecule is CC1OCCC1CNCC(=O)N(C)C(C)C. The number of hydrogen-bond acceptors (Lipinski definition) is 3. The molecule has 0 aliphatic carbocycles. The molecule has 1 aliphatic heterocycles. The number of nitrogens with one attached hydrogen (secondary N) is 1. The highest BCUT2D eigenvalue weighted by molar-refractivity contribution is 5.78. The van der Waals surface area contributed by atoms with E-state index in [0.717, 1.165) is 19.6 Å². The summed E-state index contributed by atoms with van der Waals surface area (Å²) in [5.74, 6) is 0.707. The molecule has 94 valence electrons. The van der Waals surface area contributed by atoms with Gasteiger partial charge in [-0.25, -0.2) is 0 Å². The van der Waals surface area contributed by atoms with Gasteiger partial charge in [-0.1, -0.05) is 0 Å². The van der Waals surface area contributed by atoms with E-state index < -0.39 is 0 Å². The molecule has 0 bridgehead atoms. The average Bonchev–Trinajstić information content (AvgIpc) is 2.63. The van der Waals surface area contributed by atoms with Crippen LogP contribution in [0.1, 0.15) is 27.2 Å². The lowest BCUT2D eigenvalue weighted by atomic mass is 10.0. The first-order valence-electron chi connectivity index (χ1n) is 6.10. The number of rotatable bonds is 5. The smallest absolute Gasteiger partial charge is 0.236 e. The van der Waals surface area contributed by atoms with Crippen molar-refractivity contribution in [2.24, 2.45) is 5.92 Å². The van der Waals surface area contributed by atoms with Gasteiger partial charge in [0, 0.05) is 26.2 Å². The van der Waals surface area contributed by atoms with Gasteiger partial charge < -0.3 is 15.0 Å². The highest BCUT2D eigenvalue weighted by atomic mass is 16.5. The summed E-state index contributed by atoms with van der Waals surface area (Å²) < 4.78 is 5.47. The first-order valence-corrected chi connectivity index (χ1v) is 6.10. The van der Waals surface area contributed by atoms with E-state index in [0.29, 0.717) is 18.6 Å². The molecule has 4 nitrogen and oxygen atoms in total. The minimum absolute atomic E-state index is 0.154. The quantitative estimate of drug-likeness (QED) is 0.759. The van der Waals surface area contributed by atoms with Gasteiger partial charge >= 0.3 is 0 Å². The molecule has 16 heavy (non-hydrogen) atoms. The summed E-state index contributed by atoms with van der Waals surface area (Å²) in [4.78, 5) is 13.4. The van der Waals surface area contributed by atoms with E-state index in [1.165, 1.54) is 0 Å². The fourth-order valence-corrected chi connectivity index (χ4v) is 1.82. The third kappa shape index (κ3) is 3.76. The van der Waals surface area contributed by atoms with Crippen molar-refractivity contribution < 1.29 is 9.53 Å². The van der Waals surface area contributed by atoms with Crippen molar-refractivity contribution in [3.05, 3.63) is 0 Å². The molecular weight excluding hydrogens is 204 g/mol. The Morgan fingerprint density at radius 2 is 2.25 bits per heavy atom. The first kappa shape index (κ1) is 13.5. The molecule has 0 aromatic rings. The summed E-state index contributed by atoms with van der Waals surface area (Å²) in [6.07, 6.45) is 1.42. The Balaban J connectivity index is 2.17. The zero-order valence-corrected chi connectivity index (χ0v) is 10.8. The second-order valence-corrected chi connectivity index (χ2v) is 4.85. The Bertz CT molecular complexity index is 231. The van der Waals surface area contributed by atoms with Crippen LogP contribution in [0.2, 0.25) is 0 Å². The van der Waals surface area contributed by atoms with Crippen molar-refractivity contribution in [1.29, 1.82) is 0 Å². The molecule has 0 aromatic heterocycles. The van der Waals surface area contributed by atoms with Crippen molar-refractivity contribution in [3.63, 3.8) is 0 Å². The molecule has 0 radical (unpaired) electrons. The van der Waals surface area contributed by atoms with Crippen molar-refractivity contribution in [2.45, 2.75) is 39.3 Å². The van der Waals surface area contributed by atoms with E-state index in [1.807, 2.05) is 20.9 Å². The number of nitrogens with zero attached hydrogens (tertiary/aromatic N) is 1. The van der Waals surface area contributed by atoms with Gasteiger partial charge in [0.2, 0.25) is 5.91 Å². The van der Waals surface area contributed by atoms with Gasteiger partial charge in [0.25, 0.3) is 0 Å². The Labute approximate surface area is 98.3 Å². The van der Waals surface area contributed by atoms with Crippen LogP contribution in [0.25, 0.3) is 0 Å². The highest BCUT2D eigenvalue weighted by Gasteiger charge is 2.23. The Kier molecular flexibility index (Phi) is 5.22. The van der Waals surface area contributed by atoms with Gasteiger partial charge in [0.15, 0.2) is 0 Å². The Morgan fingerprint density at radius 1 is 1.56 bits per heavy atom. The van der Waals surface area contributed by atoms with Crippen molar-refractivity contribution in [2.75, 3.05) is 26.7 Å². The standard InChI is InChI=1S/C12H24N2O2/c1-9(2)14(4)12(15)8-13-7-11-5-6-16-10(11)3/h9-11,13H,5-8H2,1-4H3. The van der Waals surface area contributed by atoms with Gasteiger partial charge in [0.05, 0.1) is 12.6 Å². The molecule has 1 rings (SSSR count). The van der Waals surface area contributed by atoms with Gasteiger partial charge in [-0.3, -0.25) is 4.79 Å². The van der Waals surface area contributed by atoms with E-state index in [4.69, 9.17) is 4.74 Å². The predicted octanol–water partition coefficient (Wildman–Crippen LogP) is 0.868. The van der Waals surface area contributed by atoms with Gasteiger partial charge in [-0.2, -0.15) is 0 Å². The van der Waals surface area contributed by atoms with Crippen LogP contribution in [-0.2, 0) is 9.53 Å². The third-order valence-corrected chi connectivity index (χ3v) is 3.38. The summed E-state index contributed by atoms with van der Waals surface area (Å²) in [5, 5.41) is 3.22. The molecule has 0 saturated carbocycles. The van der Waals surface area contributed by atoms with E-state index in [9.17, 15) is 4.79 Å². The number of likely N-dealkylation sites (N-methyl/N-ethyl adjacent to an activating group) is 1. The molecule has 4 heteroatoms. The van der Waals surface area contributed by atoms with Crippen LogP contribution in [0.15, 0.2) is 0 Å². The summed E-state index contributed by atoms with van der Waals surface area (Å²) >= 11 is 0. The molecule has 1 amide bonds. The first-order chi connectivity index (χ1) is 7.52. The largest absolute Gasteiger partial charge is 0.378 e. The Morgan fingerprint density at radius 3 is 2.75 bits per heavy atom. The summed E-state index contributed by atoms with van der Waals surface area (Å²) in [6, 6.07) is 0.267. The van der Waals surface area contributed by atoms with Crippen LogP contribution in [0.5, 0.6) is 0 Å². The van der Waals surface area contributed by atoms with Crippen LogP contribution in [-0.4, -0.2) is 49.7 Å². The maximum Gasteiger partial charge on any atom is 0.236 e. The summed E-state index contributed by atoms with van der Waals surface area (Å²) in [6.45, 7) is 8.29. The number of carbonyl (C=O) groups excluding carboxylic acids is 1. The zero-order valence-electron chi connectivity index (χ0n) is 10.8. The predicted molar refractivity (Wildman–Crippen MR) is 64.3 cm³/mol. The minimum atomic E-state index is 0.154. The van der Waals surface area contributed by atoms with E-state index in [-0.39, 0.29) is 11.9 Å². The summed E-state index contributed by atoms with van der Waals surface area (Å²) in [7, 11) is 1.84. The third-order valence-electron chi connectivity index (χ3n) is 3.38. The average molecular weight is 228 g/mol. The summed E-state index contributed by atoms with van der Waals surface area (Å²) in [5.41, 5.74) is 0. The molecule has 1 saturated heterocycles. The van der Waals surface area contributed by atoms with E-state index in [1.54, 1.807) is 4.90 Å². The molecule has 2 unspecified atom stereocenters. The second-order valence-electron chi connectivity index (χ2n) is 4.85. The second kappa shape index (κ2) is 6.21. The van der Waals surface area contributed by atoms with Gasteiger partial charge in [-0.15, -0.1) is 0 Å². The molecular formula is C12H24N2O2. The molecule has 0 aromatic carbocycles. The maximum atomic E-state index is 11.7. The molecule has 0 spiro atoms. The molecule has 2 atom stereocenters. The lowest BCUT2D eigenvalue weighted by Crippen LogP contribution is -2.41. The lowest BCUT2D eigenvalue weighted by molar-refractivity contribution is -0.130. The molecule has 1 aliphatic rings. The van der Waals surface area contributed by atoms with Crippen LogP contribution in [0.3, 0.4) is 0 Å². The van der Waals surface area contributed by atoms with Crippen LogP contribution < -0.4 is 5.32 Å². The van der Waals surface area contributed by atoms with Crippen LogP contribution >= 0.6 is 0 Å². The number of carbonyl (C=O) groups is 1. The molecule has 1 fully saturated rings. The van der Waals surface area contributed by atoms with Crippen molar-refractivity contribution in [1.82, 2.24) is 10.2 Å². The topological polar surface area (TPSA) is 41.6 Å². The number of hydrogen-bond donors (Lipinski definition) is 1. The van der Waals surface area contributed by atoms with Gasteiger partial charge in [0.1, 0.15) is 0 Å². The van der Waals surface area contributed by atoms with E-state index in [2.05, 4.69) is 12.2 Å². The van der Waals surface area contributed by atoms with Crippen molar-refractivity contribution in [3.8, 4) is 0 Å². The normalized spacial score (nSPS) is 25.1. The van der Waals surface area contributed by atoms with Crippen LogP contribution in [0.4, 0.5) is 0 Å². The molecule has 1 heterocycles. The fraction of sp³-hybridized carbons (Fsp3) is 0.917. The molecule has 1 N–H and O–H groups in total. The maximum absolute atomic E-state index is 11.7. The van der Waals surface area contributed by atoms with E-state index >= 15 is 0 Å². The van der Waals surface area contributed by atoms with Crippen molar-refractivity contribution >= 4 is 5.91 Å². The number of amides is 1. The Hall–Kier alpha value is -0.610. The minimum Gasteiger partial charge on any atom is -0.378 e. The fourth-order valence-electron chi connectivity index (χ4n) is 1.82.